The predicted octanol–water partition coefficient (Wildman–Crippen LogP) is 0.590. The van der Waals surface area contributed by atoms with Crippen LogP contribution in [0.2, 0.25) is 0 Å². The molecule has 0 saturated carbocycles. The average molecular weight is 268 g/mol. The molecule has 8 heteroatoms. The lowest BCUT2D eigenvalue weighted by molar-refractivity contribution is 0.380. The van der Waals surface area contributed by atoms with E-state index in [4.69, 9.17) is 4.52 Å². The number of rotatable bonds is 5. The minimum atomic E-state index is -3.69. The van der Waals surface area contributed by atoms with Crippen LogP contribution in [0.25, 0.3) is 0 Å². The van der Waals surface area contributed by atoms with Crippen LogP contribution in [-0.4, -0.2) is 25.6 Å². The number of nitrogens with one attached hydrogen (secondary N) is 2. The average Bonchev–Trinajstić information content (AvgIpc) is 2.89. The smallest absolute Gasteiger partial charge is 0.260 e. The summed E-state index contributed by atoms with van der Waals surface area (Å²) in [4.78, 5) is 3.86. The van der Waals surface area contributed by atoms with Crippen molar-refractivity contribution < 1.29 is 12.9 Å². The fourth-order valence-electron chi connectivity index (χ4n) is 1.36. The molecule has 0 aromatic carbocycles. The molecule has 18 heavy (non-hydrogen) atoms. The first-order valence-electron chi connectivity index (χ1n) is 5.15. The molecule has 2 aromatic heterocycles. The van der Waals surface area contributed by atoms with Gasteiger partial charge >= 0.3 is 0 Å². The molecule has 0 saturated heterocycles. The zero-order valence-electron chi connectivity index (χ0n) is 9.62. The van der Waals surface area contributed by atoms with Gasteiger partial charge in [-0.15, -0.1) is 0 Å². The van der Waals surface area contributed by atoms with Crippen LogP contribution >= 0.6 is 0 Å². The molecular weight excluding hydrogens is 256 g/mol. The minimum absolute atomic E-state index is 0.0298. The molecule has 2 N–H and O–H groups in total. The van der Waals surface area contributed by atoms with Crippen molar-refractivity contribution >= 4 is 15.7 Å². The highest BCUT2D eigenvalue weighted by molar-refractivity contribution is 7.89. The summed E-state index contributed by atoms with van der Waals surface area (Å²) in [6.45, 7) is 0.0298. The molecule has 0 radical (unpaired) electrons. The van der Waals surface area contributed by atoms with Gasteiger partial charge in [0, 0.05) is 19.3 Å². The van der Waals surface area contributed by atoms with Gasteiger partial charge in [0.25, 0.3) is 10.0 Å². The van der Waals surface area contributed by atoms with Crippen molar-refractivity contribution in [2.75, 3.05) is 12.4 Å². The van der Waals surface area contributed by atoms with Crippen LogP contribution in [-0.2, 0) is 16.6 Å². The normalized spacial score (nSPS) is 11.4. The van der Waals surface area contributed by atoms with E-state index in [-0.39, 0.29) is 11.6 Å². The van der Waals surface area contributed by atoms with Crippen LogP contribution in [0.1, 0.15) is 5.76 Å². The third-order valence-electron chi connectivity index (χ3n) is 2.22. The van der Waals surface area contributed by atoms with E-state index < -0.39 is 10.0 Å². The molecule has 7 nitrogen and oxygen atoms in total. The molecule has 0 aliphatic rings. The number of hydrogen-bond donors (Lipinski definition) is 2. The van der Waals surface area contributed by atoms with Crippen LogP contribution in [0, 0.1) is 0 Å². The van der Waals surface area contributed by atoms with Crippen LogP contribution < -0.4 is 10.0 Å². The highest BCUT2D eigenvalue weighted by atomic mass is 32.2. The third kappa shape index (κ3) is 2.66. The minimum Gasteiger partial charge on any atom is -0.386 e. The number of nitrogens with zero attached hydrogens (tertiary/aromatic N) is 2. The van der Waals surface area contributed by atoms with Gasteiger partial charge in [-0.05, 0) is 12.1 Å². The Morgan fingerprint density at radius 1 is 1.33 bits per heavy atom. The van der Waals surface area contributed by atoms with Crippen molar-refractivity contribution in [3.8, 4) is 0 Å². The maximum atomic E-state index is 12.0. The summed E-state index contributed by atoms with van der Waals surface area (Å²) >= 11 is 0. The van der Waals surface area contributed by atoms with Crippen molar-refractivity contribution in [1.29, 1.82) is 0 Å². The lowest BCUT2D eigenvalue weighted by Gasteiger charge is -2.08. The van der Waals surface area contributed by atoms with E-state index >= 15 is 0 Å². The molecule has 2 rings (SSSR count). The number of anilines is 1. The molecule has 0 fully saturated rings. The molecule has 0 aliphatic heterocycles. The standard InChI is InChI=1S/C10H12N4O3S/c1-11-9-3-2-5-12-10(9)18(15,16)14-7-8-4-6-13-17-8/h2-6,11,14H,7H2,1H3. The molecule has 0 spiro atoms. The second-order valence-corrected chi connectivity index (χ2v) is 5.09. The Hall–Kier alpha value is -1.93. The van der Waals surface area contributed by atoms with Gasteiger partial charge in [-0.1, -0.05) is 5.16 Å². The molecule has 0 amide bonds. The van der Waals surface area contributed by atoms with E-state index in [9.17, 15) is 8.42 Å². The molecule has 0 atom stereocenters. The summed E-state index contributed by atoms with van der Waals surface area (Å²) in [5, 5.41) is 6.22. The van der Waals surface area contributed by atoms with Crippen molar-refractivity contribution in [3.63, 3.8) is 0 Å². The van der Waals surface area contributed by atoms with Gasteiger partial charge in [0.05, 0.1) is 18.4 Å². The van der Waals surface area contributed by atoms with E-state index in [0.717, 1.165) is 0 Å². The predicted molar refractivity (Wildman–Crippen MR) is 64.3 cm³/mol. The van der Waals surface area contributed by atoms with E-state index in [1.807, 2.05) is 0 Å². The van der Waals surface area contributed by atoms with Crippen molar-refractivity contribution in [2.24, 2.45) is 0 Å². The Balaban J connectivity index is 2.20. The highest BCUT2D eigenvalue weighted by Gasteiger charge is 2.19. The Morgan fingerprint density at radius 3 is 2.83 bits per heavy atom. The highest BCUT2D eigenvalue weighted by Crippen LogP contribution is 2.17. The Bertz CT molecular complexity index is 610. The van der Waals surface area contributed by atoms with Crippen LogP contribution in [0.15, 0.2) is 40.1 Å². The van der Waals surface area contributed by atoms with Crippen molar-refractivity contribution in [2.45, 2.75) is 11.6 Å². The van der Waals surface area contributed by atoms with E-state index in [1.54, 1.807) is 25.2 Å². The number of sulfonamides is 1. The van der Waals surface area contributed by atoms with E-state index in [0.29, 0.717) is 11.4 Å². The summed E-state index contributed by atoms with van der Waals surface area (Å²) in [7, 11) is -2.06. The molecular formula is C10H12N4O3S. The summed E-state index contributed by atoms with van der Waals surface area (Å²) in [5.74, 6) is 0.431. The lowest BCUT2D eigenvalue weighted by atomic mass is 10.4. The number of pyridine rings is 1. The van der Waals surface area contributed by atoms with E-state index in [2.05, 4.69) is 20.2 Å². The quantitative estimate of drug-likeness (QED) is 0.823. The SMILES string of the molecule is CNc1cccnc1S(=O)(=O)NCc1ccno1. The molecule has 0 aliphatic carbocycles. The lowest BCUT2D eigenvalue weighted by Crippen LogP contribution is -2.24. The first kappa shape index (κ1) is 12.5. The zero-order valence-corrected chi connectivity index (χ0v) is 10.4. The van der Waals surface area contributed by atoms with Crippen LogP contribution in [0.3, 0.4) is 0 Å². The van der Waals surface area contributed by atoms with Crippen LogP contribution in [0.4, 0.5) is 5.69 Å². The van der Waals surface area contributed by atoms with Gasteiger partial charge in [0.15, 0.2) is 10.8 Å². The molecule has 2 heterocycles. The summed E-state index contributed by atoms with van der Waals surface area (Å²) in [5.41, 5.74) is 0.433. The molecule has 2 aromatic rings. The first-order chi connectivity index (χ1) is 8.63. The second-order valence-electron chi connectivity index (χ2n) is 3.41. The first-order valence-corrected chi connectivity index (χ1v) is 6.64. The molecule has 0 unspecified atom stereocenters. The van der Waals surface area contributed by atoms with Crippen molar-refractivity contribution in [1.82, 2.24) is 14.9 Å². The van der Waals surface area contributed by atoms with Crippen molar-refractivity contribution in [3.05, 3.63) is 36.4 Å². The number of aromatic nitrogens is 2. The summed E-state index contributed by atoms with van der Waals surface area (Å²) in [6, 6.07) is 4.87. The molecule has 0 bridgehead atoms. The Kier molecular flexibility index (Phi) is 3.58. The Labute approximate surface area is 104 Å². The maximum Gasteiger partial charge on any atom is 0.260 e. The third-order valence-corrected chi connectivity index (χ3v) is 3.58. The van der Waals surface area contributed by atoms with Gasteiger partial charge in [-0.25, -0.2) is 18.1 Å². The fourth-order valence-corrected chi connectivity index (χ4v) is 2.49. The topological polar surface area (TPSA) is 97.1 Å². The summed E-state index contributed by atoms with van der Waals surface area (Å²) in [6.07, 6.45) is 2.87. The number of hydrogen-bond acceptors (Lipinski definition) is 6. The maximum absolute atomic E-state index is 12.0. The van der Waals surface area contributed by atoms with Crippen LogP contribution in [0.5, 0.6) is 0 Å². The second kappa shape index (κ2) is 5.15. The zero-order chi connectivity index (χ0) is 13.0. The molecule has 96 valence electrons. The Morgan fingerprint density at radius 2 is 2.17 bits per heavy atom. The van der Waals surface area contributed by atoms with Gasteiger partial charge in [-0.2, -0.15) is 0 Å². The largest absolute Gasteiger partial charge is 0.386 e. The monoisotopic (exact) mass is 268 g/mol. The fraction of sp³-hybridized carbons (Fsp3) is 0.200. The van der Waals surface area contributed by atoms with Gasteiger partial charge in [-0.3, -0.25) is 0 Å². The van der Waals surface area contributed by atoms with Gasteiger partial charge in [0.2, 0.25) is 0 Å². The van der Waals surface area contributed by atoms with Gasteiger partial charge in [0.1, 0.15) is 0 Å². The van der Waals surface area contributed by atoms with E-state index in [1.165, 1.54) is 12.4 Å². The summed E-state index contributed by atoms with van der Waals surface area (Å²) < 4.78 is 31.3. The van der Waals surface area contributed by atoms with Gasteiger partial charge < -0.3 is 9.84 Å².